The van der Waals surface area contributed by atoms with E-state index in [0.29, 0.717) is 32.3 Å². The van der Waals surface area contributed by atoms with Gasteiger partial charge < -0.3 is 28.8 Å². The van der Waals surface area contributed by atoms with Crippen LogP contribution in [0, 0.1) is 0 Å². The van der Waals surface area contributed by atoms with E-state index in [9.17, 15) is 27.9 Å². The molecule has 0 aromatic heterocycles. The monoisotopic (exact) mass is 553 g/mol. The van der Waals surface area contributed by atoms with Crippen molar-refractivity contribution in [3.8, 4) is 0 Å². The van der Waals surface area contributed by atoms with Crippen LogP contribution in [0.5, 0.6) is 0 Å². The van der Waals surface area contributed by atoms with Crippen LogP contribution >= 0.6 is 0 Å². The van der Waals surface area contributed by atoms with Crippen molar-refractivity contribution in [1.29, 1.82) is 0 Å². The zero-order valence-corrected chi connectivity index (χ0v) is 22.7. The molecule has 2 rings (SSSR count). The van der Waals surface area contributed by atoms with Gasteiger partial charge in [-0.2, -0.15) is 0 Å². The molecule has 0 aliphatic rings. The predicted molar refractivity (Wildman–Crippen MR) is 135 cm³/mol. The van der Waals surface area contributed by atoms with Gasteiger partial charge >= 0.3 is 20.7 Å². The largest absolute Gasteiger partial charge is 0.500 e. The highest BCUT2D eigenvalue weighted by Crippen LogP contribution is 2.25. The molecule has 0 unspecified atom stereocenters. The topological polar surface area (TPSA) is 166 Å². The highest BCUT2D eigenvalue weighted by atomic mass is 32.2. The van der Waals surface area contributed by atoms with Crippen LogP contribution in [0.2, 0.25) is 6.04 Å². The van der Waals surface area contributed by atoms with Crippen molar-refractivity contribution < 1.29 is 46.3 Å². The Kier molecular flexibility index (Phi) is 10.9. The first-order valence-electron chi connectivity index (χ1n) is 11.7. The lowest BCUT2D eigenvalue weighted by molar-refractivity contribution is 0.0683. The van der Waals surface area contributed by atoms with Gasteiger partial charge in [0.1, 0.15) is 0 Å². The third-order valence-electron chi connectivity index (χ3n) is 5.21. The first-order valence-corrected chi connectivity index (χ1v) is 15.1. The van der Waals surface area contributed by atoms with Crippen molar-refractivity contribution in [2.75, 3.05) is 26.4 Å². The maximum atomic E-state index is 13.1. The van der Waals surface area contributed by atoms with Gasteiger partial charge in [-0.25, -0.2) is 18.0 Å². The number of aromatic carboxylic acids is 2. The second-order valence-corrected chi connectivity index (χ2v) is 12.4. The average molecular weight is 554 g/mol. The summed E-state index contributed by atoms with van der Waals surface area (Å²) in [4.78, 5) is 35.2. The van der Waals surface area contributed by atoms with E-state index in [1.165, 1.54) is 18.2 Å². The number of benzene rings is 2. The Balaban J connectivity index is 2.27. The average Bonchev–Trinajstić information content (AvgIpc) is 2.86. The number of nitrogens with one attached hydrogen (secondary N) is 1. The van der Waals surface area contributed by atoms with E-state index >= 15 is 0 Å². The number of rotatable bonds is 15. The summed E-state index contributed by atoms with van der Waals surface area (Å²) in [6.45, 7) is 6.82. The Labute approximate surface area is 216 Å². The second-order valence-electron chi connectivity index (χ2n) is 7.69. The molecule has 0 aliphatic heterocycles. The molecule has 0 atom stereocenters. The highest BCUT2D eigenvalue weighted by molar-refractivity contribution is 7.91. The number of carboxylic acids is 2. The molecule has 11 nitrogen and oxygen atoms in total. The van der Waals surface area contributed by atoms with Gasteiger partial charge in [-0.05, 0) is 63.6 Å². The summed E-state index contributed by atoms with van der Waals surface area (Å²) >= 11 is 0. The van der Waals surface area contributed by atoms with Crippen molar-refractivity contribution in [3.05, 3.63) is 59.2 Å². The van der Waals surface area contributed by atoms with Crippen LogP contribution in [0.15, 0.2) is 52.3 Å². The van der Waals surface area contributed by atoms with Crippen molar-refractivity contribution in [2.45, 2.75) is 43.0 Å². The second kappa shape index (κ2) is 13.4. The number of carboxylic acid groups (broad SMARTS) is 2. The van der Waals surface area contributed by atoms with Crippen molar-refractivity contribution in [2.24, 2.45) is 0 Å². The van der Waals surface area contributed by atoms with Crippen molar-refractivity contribution in [1.82, 2.24) is 5.32 Å². The van der Waals surface area contributed by atoms with E-state index in [-0.39, 0.29) is 33.0 Å². The fourth-order valence-electron chi connectivity index (χ4n) is 3.60. The number of carbonyl (C=O) groups excluding carboxylic acids is 1. The van der Waals surface area contributed by atoms with Gasteiger partial charge in [-0.1, -0.05) is 6.07 Å². The Hall–Kier alpha value is -3.10. The smallest absolute Gasteiger partial charge is 0.478 e. The predicted octanol–water partition coefficient (Wildman–Crippen LogP) is 3.08. The highest BCUT2D eigenvalue weighted by Gasteiger charge is 2.39. The Morgan fingerprint density at radius 1 is 0.838 bits per heavy atom. The molecule has 2 aromatic rings. The molecule has 3 N–H and O–H groups in total. The fourth-order valence-corrected chi connectivity index (χ4v) is 7.55. The zero-order valence-electron chi connectivity index (χ0n) is 20.9. The third kappa shape index (κ3) is 7.69. The lowest BCUT2D eigenvalue weighted by Gasteiger charge is -2.28. The van der Waals surface area contributed by atoms with Crippen LogP contribution in [-0.2, 0) is 23.1 Å². The van der Waals surface area contributed by atoms with Crippen LogP contribution < -0.4 is 5.32 Å². The Morgan fingerprint density at radius 2 is 1.43 bits per heavy atom. The van der Waals surface area contributed by atoms with Gasteiger partial charge in [-0.15, -0.1) is 0 Å². The normalized spacial score (nSPS) is 11.8. The maximum absolute atomic E-state index is 13.1. The summed E-state index contributed by atoms with van der Waals surface area (Å²) < 4.78 is 43.5. The Bertz CT molecular complexity index is 1210. The quantitative estimate of drug-likeness (QED) is 0.220. The molecular weight excluding hydrogens is 522 g/mol. The minimum Gasteiger partial charge on any atom is -0.478 e. The minimum atomic E-state index is -4.24. The molecule has 202 valence electrons. The van der Waals surface area contributed by atoms with Crippen molar-refractivity contribution >= 4 is 36.5 Å². The van der Waals surface area contributed by atoms with Crippen LogP contribution in [0.1, 0.15) is 58.3 Å². The van der Waals surface area contributed by atoms with Gasteiger partial charge in [-0.3, -0.25) is 4.79 Å². The molecular formula is C24H31NO10SSi. The van der Waals surface area contributed by atoms with E-state index in [1.807, 2.05) is 20.8 Å². The van der Waals surface area contributed by atoms with E-state index in [1.54, 1.807) is 0 Å². The molecule has 13 heteroatoms. The third-order valence-corrected chi connectivity index (χ3v) is 10.1. The molecule has 0 heterocycles. The lowest BCUT2D eigenvalue weighted by Crippen LogP contribution is -2.46. The van der Waals surface area contributed by atoms with Crippen LogP contribution in [0.3, 0.4) is 0 Å². The maximum Gasteiger partial charge on any atom is 0.500 e. The van der Waals surface area contributed by atoms with Gasteiger partial charge in [0.2, 0.25) is 9.84 Å². The molecule has 0 spiro atoms. The number of carbonyl (C=O) groups is 3. The summed E-state index contributed by atoms with van der Waals surface area (Å²) in [5, 5.41) is 21.3. The van der Waals surface area contributed by atoms with Gasteiger partial charge in [0.15, 0.2) is 0 Å². The van der Waals surface area contributed by atoms with Crippen LogP contribution in [0.4, 0.5) is 0 Å². The molecule has 0 fully saturated rings. The first-order chi connectivity index (χ1) is 17.5. The molecule has 0 saturated carbocycles. The Morgan fingerprint density at radius 3 is 1.97 bits per heavy atom. The summed E-state index contributed by atoms with van der Waals surface area (Å²) in [6, 6.07) is 8.23. The minimum absolute atomic E-state index is 0.136. The van der Waals surface area contributed by atoms with Gasteiger partial charge in [0.05, 0.1) is 26.5 Å². The molecule has 37 heavy (non-hydrogen) atoms. The molecule has 1 amide bonds. The molecule has 0 saturated heterocycles. The van der Waals surface area contributed by atoms with Gasteiger partial charge in [0, 0.05) is 32.4 Å². The lowest BCUT2D eigenvalue weighted by atomic mass is 10.1. The van der Waals surface area contributed by atoms with E-state index in [2.05, 4.69) is 5.32 Å². The van der Waals surface area contributed by atoms with Gasteiger partial charge in [0.25, 0.3) is 5.91 Å². The zero-order chi connectivity index (χ0) is 27.6. The summed E-state index contributed by atoms with van der Waals surface area (Å²) in [7, 11) is -7.16. The van der Waals surface area contributed by atoms with E-state index < -0.39 is 36.5 Å². The molecule has 0 bridgehead atoms. The van der Waals surface area contributed by atoms with E-state index in [4.69, 9.17) is 18.4 Å². The van der Waals surface area contributed by atoms with Crippen LogP contribution in [-0.4, -0.2) is 71.6 Å². The summed E-state index contributed by atoms with van der Waals surface area (Å²) in [5.41, 5.74) is -0.949. The SMILES string of the molecule is CCO[Si](CCCNC(=O)c1cc(S(=O)(=O)c2cccc(C(=O)O)c2)ccc1C(=O)O)(OCC)OCC. The molecule has 0 aliphatic carbocycles. The number of hydrogen-bond donors (Lipinski definition) is 3. The number of hydrogen-bond acceptors (Lipinski definition) is 8. The molecule has 0 radical (unpaired) electrons. The number of sulfone groups is 1. The van der Waals surface area contributed by atoms with Crippen LogP contribution in [0.25, 0.3) is 0 Å². The standard InChI is InChI=1S/C24H31NO10SSi/c1-4-33-37(34-5-2,35-6-3)14-8-13-25-22(26)21-16-19(11-12-20(21)24(29)30)36(31,32)18-10-7-9-17(15-18)23(27)28/h7,9-12,15-16H,4-6,8,13-14H2,1-3H3,(H,25,26)(H,27,28)(H,29,30). The summed E-state index contributed by atoms with van der Waals surface area (Å²) in [6.07, 6.45) is 0.417. The number of amides is 1. The van der Waals surface area contributed by atoms with E-state index in [0.717, 1.165) is 24.3 Å². The van der Waals surface area contributed by atoms with Crippen molar-refractivity contribution in [3.63, 3.8) is 0 Å². The first kappa shape index (κ1) is 30.1. The summed E-state index contributed by atoms with van der Waals surface area (Å²) in [5.74, 6) is -3.48. The fraction of sp³-hybridized carbons (Fsp3) is 0.375. The molecule has 2 aromatic carbocycles.